The fraction of sp³-hybridized carbons (Fsp3) is 0.333. The number of rotatable bonds is 6. The van der Waals surface area contributed by atoms with E-state index in [1.165, 1.54) is 17.0 Å². The van der Waals surface area contributed by atoms with Crippen molar-refractivity contribution in [1.82, 2.24) is 5.32 Å². The monoisotopic (exact) mass is 370 g/mol. The van der Waals surface area contributed by atoms with Crippen LogP contribution in [-0.4, -0.2) is 24.5 Å². The van der Waals surface area contributed by atoms with Crippen LogP contribution in [-0.2, 0) is 16.1 Å². The highest BCUT2D eigenvalue weighted by molar-refractivity contribution is 6.09. The van der Waals surface area contributed by atoms with Crippen LogP contribution >= 0.6 is 0 Å². The Balaban J connectivity index is 1.55. The first-order valence-electron chi connectivity index (χ1n) is 9.04. The van der Waals surface area contributed by atoms with Crippen LogP contribution in [0.4, 0.5) is 10.1 Å². The van der Waals surface area contributed by atoms with Gasteiger partial charge in [0.05, 0.1) is 6.10 Å². The summed E-state index contributed by atoms with van der Waals surface area (Å²) < 4.78 is 18.6. The maximum Gasteiger partial charge on any atom is 0.239 e. The van der Waals surface area contributed by atoms with Crippen molar-refractivity contribution in [3.8, 4) is 5.75 Å². The van der Waals surface area contributed by atoms with Crippen LogP contribution in [0.5, 0.6) is 5.75 Å². The van der Waals surface area contributed by atoms with E-state index >= 15 is 0 Å². The first kappa shape index (κ1) is 18.9. The molecule has 27 heavy (non-hydrogen) atoms. The molecular weight excluding hydrogens is 347 g/mol. The standard InChI is InChI=1S/C21H23FN2O3/c1-14(2)27-18-9-3-15(4-10-18)13-23-20(25)19-11-12-24(21(19)26)17-7-5-16(22)6-8-17/h3-10,14,19H,11-13H2,1-2H3,(H,23,25)/t19-/m1/s1. The van der Waals surface area contributed by atoms with Crippen LogP contribution in [0.3, 0.4) is 0 Å². The zero-order chi connectivity index (χ0) is 19.4. The van der Waals surface area contributed by atoms with Crippen molar-refractivity contribution in [1.29, 1.82) is 0 Å². The third kappa shape index (κ3) is 4.64. The van der Waals surface area contributed by atoms with Crippen molar-refractivity contribution >= 4 is 17.5 Å². The Kier molecular flexibility index (Phi) is 5.74. The molecular formula is C21H23FN2O3. The fourth-order valence-electron chi connectivity index (χ4n) is 3.07. The number of carbonyl (C=O) groups is 2. The molecule has 0 spiro atoms. The van der Waals surface area contributed by atoms with Crippen LogP contribution in [0, 0.1) is 11.7 Å². The van der Waals surface area contributed by atoms with Crippen molar-refractivity contribution in [2.24, 2.45) is 5.92 Å². The number of hydrogen-bond acceptors (Lipinski definition) is 3. The first-order chi connectivity index (χ1) is 12.9. The van der Waals surface area contributed by atoms with Crippen LogP contribution < -0.4 is 15.0 Å². The Labute approximate surface area is 158 Å². The largest absolute Gasteiger partial charge is 0.491 e. The van der Waals surface area contributed by atoms with Gasteiger partial charge in [0.1, 0.15) is 17.5 Å². The van der Waals surface area contributed by atoms with E-state index in [-0.39, 0.29) is 23.7 Å². The van der Waals surface area contributed by atoms with Gasteiger partial charge in [0.25, 0.3) is 0 Å². The van der Waals surface area contributed by atoms with Crippen molar-refractivity contribution in [3.63, 3.8) is 0 Å². The molecule has 1 aliphatic rings. The minimum absolute atomic E-state index is 0.105. The molecule has 1 fully saturated rings. The molecule has 0 unspecified atom stereocenters. The highest BCUT2D eigenvalue weighted by Crippen LogP contribution is 2.25. The Morgan fingerprint density at radius 1 is 1.19 bits per heavy atom. The number of anilines is 1. The molecule has 0 saturated carbocycles. The second-order valence-electron chi connectivity index (χ2n) is 6.84. The number of nitrogens with one attached hydrogen (secondary N) is 1. The Morgan fingerprint density at radius 2 is 1.85 bits per heavy atom. The van der Waals surface area contributed by atoms with Gasteiger partial charge in [-0.3, -0.25) is 9.59 Å². The van der Waals surface area contributed by atoms with Gasteiger partial charge in [0.2, 0.25) is 11.8 Å². The number of nitrogens with zero attached hydrogens (tertiary/aromatic N) is 1. The molecule has 0 aromatic heterocycles. The Morgan fingerprint density at radius 3 is 2.48 bits per heavy atom. The normalized spacial score (nSPS) is 16.7. The van der Waals surface area contributed by atoms with E-state index in [4.69, 9.17) is 4.74 Å². The average Bonchev–Trinajstić information content (AvgIpc) is 3.03. The van der Waals surface area contributed by atoms with Gasteiger partial charge < -0.3 is 15.0 Å². The minimum Gasteiger partial charge on any atom is -0.491 e. The minimum atomic E-state index is -0.710. The molecule has 1 saturated heterocycles. The number of benzene rings is 2. The molecule has 0 bridgehead atoms. The van der Waals surface area contributed by atoms with Gasteiger partial charge in [-0.15, -0.1) is 0 Å². The van der Waals surface area contributed by atoms with E-state index < -0.39 is 5.92 Å². The van der Waals surface area contributed by atoms with Gasteiger partial charge in [0.15, 0.2) is 0 Å². The maximum absolute atomic E-state index is 13.0. The second-order valence-corrected chi connectivity index (χ2v) is 6.84. The smallest absolute Gasteiger partial charge is 0.239 e. The molecule has 1 N–H and O–H groups in total. The summed E-state index contributed by atoms with van der Waals surface area (Å²) in [6.45, 7) is 4.72. The van der Waals surface area contributed by atoms with Gasteiger partial charge in [-0.2, -0.15) is 0 Å². The Hall–Kier alpha value is -2.89. The van der Waals surface area contributed by atoms with E-state index in [0.29, 0.717) is 25.2 Å². The topological polar surface area (TPSA) is 58.6 Å². The summed E-state index contributed by atoms with van der Waals surface area (Å²) in [6, 6.07) is 13.2. The third-order valence-electron chi connectivity index (χ3n) is 4.42. The lowest BCUT2D eigenvalue weighted by Crippen LogP contribution is -2.36. The SMILES string of the molecule is CC(C)Oc1ccc(CNC(=O)[C@H]2CCN(c3ccc(F)cc3)C2=O)cc1. The summed E-state index contributed by atoms with van der Waals surface area (Å²) in [5.41, 5.74) is 1.54. The van der Waals surface area contributed by atoms with E-state index in [2.05, 4.69) is 5.32 Å². The summed E-state index contributed by atoms with van der Waals surface area (Å²) in [4.78, 5) is 26.5. The molecule has 1 atom stereocenters. The lowest BCUT2D eigenvalue weighted by Gasteiger charge is -2.16. The predicted octanol–water partition coefficient (Wildman–Crippen LogP) is 3.28. The number of carbonyl (C=O) groups excluding carboxylic acids is 2. The molecule has 6 heteroatoms. The van der Waals surface area contributed by atoms with E-state index in [1.807, 2.05) is 38.1 Å². The third-order valence-corrected chi connectivity index (χ3v) is 4.42. The molecule has 5 nitrogen and oxygen atoms in total. The summed E-state index contributed by atoms with van der Waals surface area (Å²) in [5, 5.41) is 2.83. The van der Waals surface area contributed by atoms with Gasteiger partial charge >= 0.3 is 0 Å². The van der Waals surface area contributed by atoms with Crippen molar-refractivity contribution < 1.29 is 18.7 Å². The molecule has 1 aliphatic heterocycles. The van der Waals surface area contributed by atoms with Crippen molar-refractivity contribution in [3.05, 3.63) is 59.9 Å². The molecule has 0 aliphatic carbocycles. The summed E-state index contributed by atoms with van der Waals surface area (Å²) in [7, 11) is 0. The molecule has 2 aromatic carbocycles. The molecule has 2 amide bonds. The van der Waals surface area contributed by atoms with Crippen LogP contribution in [0.15, 0.2) is 48.5 Å². The van der Waals surface area contributed by atoms with Gasteiger partial charge in [-0.1, -0.05) is 12.1 Å². The highest BCUT2D eigenvalue weighted by atomic mass is 19.1. The van der Waals surface area contributed by atoms with Gasteiger partial charge in [-0.25, -0.2) is 4.39 Å². The van der Waals surface area contributed by atoms with Crippen molar-refractivity contribution in [2.45, 2.75) is 32.9 Å². The lowest BCUT2D eigenvalue weighted by molar-refractivity contribution is -0.132. The fourth-order valence-corrected chi connectivity index (χ4v) is 3.07. The average molecular weight is 370 g/mol. The summed E-state index contributed by atoms with van der Waals surface area (Å²) >= 11 is 0. The molecule has 2 aromatic rings. The summed E-state index contributed by atoms with van der Waals surface area (Å²) in [6.07, 6.45) is 0.552. The molecule has 142 valence electrons. The van der Waals surface area contributed by atoms with E-state index in [9.17, 15) is 14.0 Å². The molecule has 0 radical (unpaired) electrons. The van der Waals surface area contributed by atoms with Gasteiger partial charge in [-0.05, 0) is 62.2 Å². The number of halogens is 1. The quantitative estimate of drug-likeness (QED) is 0.794. The first-order valence-corrected chi connectivity index (χ1v) is 9.04. The van der Waals surface area contributed by atoms with Crippen LogP contribution in [0.2, 0.25) is 0 Å². The molecule has 1 heterocycles. The Bertz CT molecular complexity index is 803. The lowest BCUT2D eigenvalue weighted by atomic mass is 10.1. The maximum atomic E-state index is 13.0. The zero-order valence-corrected chi connectivity index (χ0v) is 15.4. The van der Waals surface area contributed by atoms with Gasteiger partial charge in [0, 0.05) is 18.8 Å². The number of ether oxygens (including phenoxy) is 1. The van der Waals surface area contributed by atoms with E-state index in [0.717, 1.165) is 11.3 Å². The van der Waals surface area contributed by atoms with Crippen LogP contribution in [0.25, 0.3) is 0 Å². The summed E-state index contributed by atoms with van der Waals surface area (Å²) in [5.74, 6) is -0.823. The highest BCUT2D eigenvalue weighted by Gasteiger charge is 2.37. The number of amides is 2. The second kappa shape index (κ2) is 8.20. The van der Waals surface area contributed by atoms with E-state index in [1.54, 1.807) is 12.1 Å². The van der Waals surface area contributed by atoms with Crippen LogP contribution in [0.1, 0.15) is 25.8 Å². The number of hydrogen-bond donors (Lipinski definition) is 1. The molecule has 3 rings (SSSR count). The predicted molar refractivity (Wildman–Crippen MR) is 101 cm³/mol. The zero-order valence-electron chi connectivity index (χ0n) is 15.4. The van der Waals surface area contributed by atoms with Crippen molar-refractivity contribution in [2.75, 3.05) is 11.4 Å².